The number of rotatable bonds is 2. The molecule has 244 valence electrons. The molecule has 0 radical (unpaired) electrons. The SMILES string of the molecule is C[Si]1(C)c2ccc3cc2-c2cc4c(cc21)c1ccccc1n4-c1cccc(c1)-c1cccc(c1)-c1nc(-c2ccc(-c4ccccc4)cc2)nc-3n1. The van der Waals surface area contributed by atoms with E-state index in [1.807, 2.05) is 6.07 Å². The average molecular weight is 681 g/mol. The number of nitrogens with zero attached hydrogens (tertiary/aromatic N) is 4. The molecule has 10 bridgehead atoms. The van der Waals surface area contributed by atoms with E-state index in [-0.39, 0.29) is 0 Å². The van der Waals surface area contributed by atoms with Crippen molar-refractivity contribution in [1.29, 1.82) is 0 Å². The van der Waals surface area contributed by atoms with Crippen LogP contribution in [0.2, 0.25) is 13.1 Å². The molecule has 0 unspecified atom stereocenters. The molecule has 7 aromatic carbocycles. The molecule has 0 saturated heterocycles. The van der Waals surface area contributed by atoms with E-state index in [4.69, 9.17) is 15.0 Å². The number of fused-ring (bicyclic) bond motifs is 14. The molecule has 0 spiro atoms. The average Bonchev–Trinajstić information content (AvgIpc) is 3.64. The highest BCUT2D eigenvalue weighted by molar-refractivity contribution is 7.04. The molecule has 0 aliphatic carbocycles. The molecule has 0 atom stereocenters. The van der Waals surface area contributed by atoms with Crippen molar-refractivity contribution >= 4 is 40.3 Å². The van der Waals surface area contributed by atoms with Gasteiger partial charge in [-0.05, 0) is 80.2 Å². The summed E-state index contributed by atoms with van der Waals surface area (Å²) in [7, 11) is -2.00. The molecule has 0 amide bonds. The molecule has 0 N–H and O–H groups in total. The summed E-state index contributed by atoms with van der Waals surface area (Å²) in [4.78, 5) is 15.5. The molecule has 4 heterocycles. The van der Waals surface area contributed by atoms with Crippen molar-refractivity contribution in [1.82, 2.24) is 19.5 Å². The van der Waals surface area contributed by atoms with Crippen LogP contribution in [0, 0.1) is 0 Å². The maximum atomic E-state index is 5.19. The first-order valence-corrected chi connectivity index (χ1v) is 20.9. The second-order valence-corrected chi connectivity index (χ2v) is 18.9. The van der Waals surface area contributed by atoms with Crippen molar-refractivity contribution in [2.45, 2.75) is 13.1 Å². The van der Waals surface area contributed by atoms with Gasteiger partial charge in [-0.3, -0.25) is 0 Å². The van der Waals surface area contributed by atoms with Crippen molar-refractivity contribution in [2.75, 3.05) is 0 Å². The minimum absolute atomic E-state index is 0.660. The Morgan fingerprint density at radius 1 is 0.385 bits per heavy atom. The standard InChI is InChI=1S/C47H32N4Si/c1-52(2)43-23-22-35-26-39(43)40-27-42-38(28-44(40)52)37-16-6-7-17-41(37)51(42)36-15-9-13-33(25-36)32-12-8-14-34(24-32)46-48-45(49-47(35)50-46)31-20-18-30(19-21-31)29-10-4-3-5-11-29/h3-28H,1-2H3. The summed E-state index contributed by atoms with van der Waals surface area (Å²) in [5, 5.41) is 5.53. The molecular formula is C47H32N4Si. The Morgan fingerprint density at radius 2 is 0.962 bits per heavy atom. The van der Waals surface area contributed by atoms with E-state index in [1.54, 1.807) is 0 Å². The van der Waals surface area contributed by atoms with Crippen molar-refractivity contribution < 1.29 is 0 Å². The highest BCUT2D eigenvalue weighted by atomic mass is 28.3. The number of hydrogen-bond donors (Lipinski definition) is 0. The number of benzene rings is 7. The van der Waals surface area contributed by atoms with Crippen LogP contribution in [0.1, 0.15) is 0 Å². The summed E-state index contributed by atoms with van der Waals surface area (Å²) < 4.78 is 2.45. The van der Waals surface area contributed by atoms with Crippen LogP contribution in [-0.4, -0.2) is 27.6 Å². The fourth-order valence-electron chi connectivity index (χ4n) is 8.50. The zero-order chi connectivity index (χ0) is 34.6. The summed E-state index contributed by atoms with van der Waals surface area (Å²) in [6.07, 6.45) is 0. The Balaban J connectivity index is 1.20. The summed E-state index contributed by atoms with van der Waals surface area (Å²) in [6, 6.07) is 57.2. The van der Waals surface area contributed by atoms with Gasteiger partial charge in [0, 0.05) is 33.2 Å². The first kappa shape index (κ1) is 29.3. The third-order valence-electron chi connectivity index (χ3n) is 11.2. The van der Waals surface area contributed by atoms with Crippen LogP contribution in [0.3, 0.4) is 0 Å². The third-order valence-corrected chi connectivity index (χ3v) is 14.7. The number of aromatic nitrogens is 4. The normalized spacial score (nSPS) is 13.3. The Bertz CT molecular complexity index is 2920. The minimum atomic E-state index is -2.00. The molecule has 5 heteroatoms. The second kappa shape index (κ2) is 10.8. The van der Waals surface area contributed by atoms with E-state index >= 15 is 0 Å². The van der Waals surface area contributed by atoms with E-state index in [2.05, 4.69) is 169 Å². The number of hydrogen-bond acceptors (Lipinski definition) is 3. The van der Waals surface area contributed by atoms with Crippen LogP contribution < -0.4 is 10.4 Å². The lowest BCUT2D eigenvalue weighted by molar-refractivity contribution is 1.07. The van der Waals surface area contributed by atoms with Gasteiger partial charge in [-0.15, -0.1) is 0 Å². The first-order valence-electron chi connectivity index (χ1n) is 17.9. The Labute approximate surface area is 302 Å². The van der Waals surface area contributed by atoms with Gasteiger partial charge in [-0.1, -0.05) is 134 Å². The molecule has 0 fully saturated rings. The van der Waals surface area contributed by atoms with Crippen molar-refractivity contribution in [3.05, 3.63) is 158 Å². The molecule has 11 rings (SSSR count). The first-order chi connectivity index (χ1) is 25.5. The van der Waals surface area contributed by atoms with Crippen molar-refractivity contribution in [2.24, 2.45) is 0 Å². The van der Waals surface area contributed by atoms with E-state index in [0.29, 0.717) is 17.5 Å². The minimum Gasteiger partial charge on any atom is -0.309 e. The monoisotopic (exact) mass is 680 g/mol. The van der Waals surface area contributed by atoms with Crippen molar-refractivity contribution in [3.8, 4) is 73.2 Å². The van der Waals surface area contributed by atoms with Gasteiger partial charge in [0.25, 0.3) is 0 Å². The lowest BCUT2D eigenvalue weighted by Gasteiger charge is -2.19. The molecule has 9 aromatic rings. The maximum absolute atomic E-state index is 5.19. The second-order valence-electron chi connectivity index (χ2n) is 14.5. The smallest absolute Gasteiger partial charge is 0.164 e. The Hall–Kier alpha value is -6.43. The van der Waals surface area contributed by atoms with Gasteiger partial charge in [-0.2, -0.15) is 0 Å². The predicted molar refractivity (Wildman–Crippen MR) is 217 cm³/mol. The third kappa shape index (κ3) is 4.30. The summed E-state index contributed by atoms with van der Waals surface area (Å²) in [5.74, 6) is 2.00. The lowest BCUT2D eigenvalue weighted by atomic mass is 10.00. The van der Waals surface area contributed by atoms with Crippen LogP contribution >= 0.6 is 0 Å². The lowest BCUT2D eigenvalue weighted by Crippen LogP contribution is -2.49. The summed E-state index contributed by atoms with van der Waals surface area (Å²) in [5.41, 5.74) is 13.7. The topological polar surface area (TPSA) is 43.6 Å². The van der Waals surface area contributed by atoms with E-state index in [9.17, 15) is 0 Å². The highest BCUT2D eigenvalue weighted by Crippen LogP contribution is 2.40. The van der Waals surface area contributed by atoms with Crippen LogP contribution in [0.25, 0.3) is 95.0 Å². The quantitative estimate of drug-likeness (QED) is 0.171. The highest BCUT2D eigenvalue weighted by Gasteiger charge is 2.38. The van der Waals surface area contributed by atoms with E-state index < -0.39 is 8.07 Å². The van der Waals surface area contributed by atoms with Gasteiger partial charge in [0.05, 0.1) is 11.0 Å². The maximum Gasteiger partial charge on any atom is 0.164 e. The fourth-order valence-corrected chi connectivity index (χ4v) is 11.6. The molecular weight excluding hydrogens is 649 g/mol. The van der Waals surface area contributed by atoms with Gasteiger partial charge >= 0.3 is 0 Å². The summed E-state index contributed by atoms with van der Waals surface area (Å²) in [6.45, 7) is 4.97. The molecule has 2 aromatic heterocycles. The zero-order valence-corrected chi connectivity index (χ0v) is 29.8. The predicted octanol–water partition coefficient (Wildman–Crippen LogP) is 10.4. The molecule has 2 aliphatic rings. The van der Waals surface area contributed by atoms with Gasteiger partial charge in [0.1, 0.15) is 8.07 Å². The fraction of sp³-hybridized carbons (Fsp3) is 0.0426. The molecule has 52 heavy (non-hydrogen) atoms. The van der Waals surface area contributed by atoms with Gasteiger partial charge in [0.15, 0.2) is 17.5 Å². The molecule has 2 aliphatic heterocycles. The van der Waals surface area contributed by atoms with Crippen molar-refractivity contribution in [3.63, 3.8) is 0 Å². The molecule has 0 saturated carbocycles. The van der Waals surface area contributed by atoms with E-state index in [0.717, 1.165) is 39.1 Å². The number of para-hydroxylation sites is 1. The molecule has 4 nitrogen and oxygen atoms in total. The van der Waals surface area contributed by atoms with Crippen LogP contribution in [0.5, 0.6) is 0 Å². The van der Waals surface area contributed by atoms with E-state index in [1.165, 1.54) is 48.9 Å². The van der Waals surface area contributed by atoms with Gasteiger partial charge in [-0.25, -0.2) is 15.0 Å². The largest absolute Gasteiger partial charge is 0.309 e. The van der Waals surface area contributed by atoms with Gasteiger partial charge < -0.3 is 4.57 Å². The van der Waals surface area contributed by atoms with Crippen LogP contribution in [0.15, 0.2) is 158 Å². The Kier molecular flexibility index (Phi) is 6.08. The summed E-state index contributed by atoms with van der Waals surface area (Å²) >= 11 is 0. The Morgan fingerprint density at radius 3 is 1.77 bits per heavy atom. The van der Waals surface area contributed by atoms with Gasteiger partial charge in [0.2, 0.25) is 0 Å². The van der Waals surface area contributed by atoms with Crippen LogP contribution in [-0.2, 0) is 0 Å². The zero-order valence-electron chi connectivity index (χ0n) is 28.8. The van der Waals surface area contributed by atoms with Crippen LogP contribution in [0.4, 0.5) is 0 Å².